The van der Waals surface area contributed by atoms with Crippen molar-refractivity contribution in [1.82, 2.24) is 0 Å². The average Bonchev–Trinajstić information content (AvgIpc) is 2.18. The van der Waals surface area contributed by atoms with Crippen molar-refractivity contribution in [3.05, 3.63) is 0 Å². The van der Waals surface area contributed by atoms with Gasteiger partial charge in [-0.2, -0.15) is 0 Å². The topological polar surface area (TPSA) is 46.2 Å². The molecule has 52 valence electrons. The van der Waals surface area contributed by atoms with E-state index in [-0.39, 0.29) is 5.54 Å². The minimum absolute atomic E-state index is 0.151. The van der Waals surface area contributed by atoms with E-state index in [9.17, 15) is 0 Å². The SMILES string of the molecule is NC12CC(CO)C(C1)C2. The van der Waals surface area contributed by atoms with Gasteiger partial charge in [0.25, 0.3) is 0 Å². The quantitative estimate of drug-likeness (QED) is 0.525. The Morgan fingerprint density at radius 1 is 1.44 bits per heavy atom. The Bertz CT molecular complexity index is 129. The van der Waals surface area contributed by atoms with Gasteiger partial charge in [0.05, 0.1) is 0 Å². The first-order valence-corrected chi connectivity index (χ1v) is 3.63. The molecule has 0 aliphatic heterocycles. The molecule has 0 heterocycles. The van der Waals surface area contributed by atoms with Crippen molar-refractivity contribution in [2.24, 2.45) is 17.6 Å². The molecule has 1 atom stereocenters. The fourth-order valence-corrected chi connectivity index (χ4v) is 2.39. The van der Waals surface area contributed by atoms with Crippen molar-refractivity contribution >= 4 is 0 Å². The molecule has 2 bridgehead atoms. The van der Waals surface area contributed by atoms with Crippen molar-refractivity contribution < 1.29 is 5.11 Å². The van der Waals surface area contributed by atoms with Gasteiger partial charge in [0.2, 0.25) is 0 Å². The Hall–Kier alpha value is -0.0800. The van der Waals surface area contributed by atoms with Crippen LogP contribution in [0.25, 0.3) is 0 Å². The summed E-state index contributed by atoms with van der Waals surface area (Å²) >= 11 is 0. The van der Waals surface area contributed by atoms with Gasteiger partial charge >= 0.3 is 0 Å². The van der Waals surface area contributed by atoms with Crippen molar-refractivity contribution in [1.29, 1.82) is 0 Å². The number of hydrogen-bond acceptors (Lipinski definition) is 2. The van der Waals surface area contributed by atoms with Crippen LogP contribution in [0.1, 0.15) is 19.3 Å². The van der Waals surface area contributed by atoms with E-state index in [4.69, 9.17) is 10.8 Å². The maximum atomic E-state index is 8.82. The molecule has 3 rings (SSSR count). The van der Waals surface area contributed by atoms with E-state index in [1.54, 1.807) is 0 Å². The van der Waals surface area contributed by atoms with Gasteiger partial charge < -0.3 is 10.8 Å². The molecule has 9 heavy (non-hydrogen) atoms. The summed E-state index contributed by atoms with van der Waals surface area (Å²) in [6.45, 7) is 0.351. The van der Waals surface area contributed by atoms with Crippen LogP contribution in [0.3, 0.4) is 0 Å². The van der Waals surface area contributed by atoms with E-state index in [0.29, 0.717) is 12.5 Å². The minimum atomic E-state index is 0.151. The highest BCUT2D eigenvalue weighted by Gasteiger charge is 2.52. The lowest BCUT2D eigenvalue weighted by Gasteiger charge is -2.34. The van der Waals surface area contributed by atoms with Gasteiger partial charge in [-0.1, -0.05) is 0 Å². The zero-order chi connectivity index (χ0) is 6.48. The fraction of sp³-hybridized carbons (Fsp3) is 1.00. The van der Waals surface area contributed by atoms with Crippen LogP contribution in [0, 0.1) is 11.8 Å². The Kier molecular flexibility index (Phi) is 0.945. The van der Waals surface area contributed by atoms with Crippen molar-refractivity contribution in [2.75, 3.05) is 6.61 Å². The second-order valence-electron chi connectivity index (χ2n) is 3.68. The molecule has 0 spiro atoms. The predicted octanol–water partition coefficient (Wildman–Crippen LogP) is 0.106. The smallest absolute Gasteiger partial charge is 0.0462 e. The van der Waals surface area contributed by atoms with Crippen LogP contribution >= 0.6 is 0 Å². The van der Waals surface area contributed by atoms with Gasteiger partial charge in [-0.15, -0.1) is 0 Å². The van der Waals surface area contributed by atoms with Crippen molar-refractivity contribution in [3.8, 4) is 0 Å². The van der Waals surface area contributed by atoms with Gasteiger partial charge in [0.15, 0.2) is 0 Å². The number of rotatable bonds is 1. The van der Waals surface area contributed by atoms with E-state index < -0.39 is 0 Å². The highest BCUT2D eigenvalue weighted by Crippen LogP contribution is 2.53. The molecule has 3 fully saturated rings. The second kappa shape index (κ2) is 1.50. The molecule has 1 unspecified atom stereocenters. The molecule has 3 N–H and O–H groups in total. The van der Waals surface area contributed by atoms with Gasteiger partial charge in [0.1, 0.15) is 0 Å². The highest BCUT2D eigenvalue weighted by atomic mass is 16.3. The van der Waals surface area contributed by atoms with Gasteiger partial charge in [-0.05, 0) is 31.1 Å². The second-order valence-corrected chi connectivity index (χ2v) is 3.68. The molecule has 0 radical (unpaired) electrons. The fourth-order valence-electron chi connectivity index (χ4n) is 2.39. The third-order valence-corrected chi connectivity index (χ3v) is 2.91. The summed E-state index contributed by atoms with van der Waals surface area (Å²) in [6.07, 6.45) is 3.39. The number of hydrogen-bond donors (Lipinski definition) is 2. The van der Waals surface area contributed by atoms with E-state index in [1.165, 1.54) is 0 Å². The third-order valence-electron chi connectivity index (χ3n) is 2.91. The maximum absolute atomic E-state index is 8.82. The molecular formula is C7H13NO. The number of aliphatic hydroxyl groups is 1. The largest absolute Gasteiger partial charge is 0.396 e. The lowest BCUT2D eigenvalue weighted by Crippen LogP contribution is -2.44. The molecule has 3 aliphatic carbocycles. The average molecular weight is 127 g/mol. The standard InChI is InChI=1S/C7H13NO/c8-7-1-5(2-7)6(3-7)4-9/h5-6,9H,1-4,8H2. The molecule has 2 heteroatoms. The van der Waals surface area contributed by atoms with E-state index >= 15 is 0 Å². The molecule has 3 aliphatic rings. The summed E-state index contributed by atoms with van der Waals surface area (Å²) in [7, 11) is 0. The Labute approximate surface area is 55.1 Å². The lowest BCUT2D eigenvalue weighted by molar-refractivity contribution is 0.179. The number of nitrogens with two attached hydrogens (primary N) is 1. The van der Waals surface area contributed by atoms with Gasteiger partial charge in [-0.3, -0.25) is 0 Å². The van der Waals surface area contributed by atoms with Crippen LogP contribution < -0.4 is 5.73 Å². The first kappa shape index (κ1) is 5.69. The molecule has 0 amide bonds. The van der Waals surface area contributed by atoms with E-state index in [1.807, 2.05) is 0 Å². The minimum Gasteiger partial charge on any atom is -0.396 e. The summed E-state index contributed by atoms with van der Waals surface area (Å²) < 4.78 is 0. The van der Waals surface area contributed by atoms with Crippen LogP contribution in [-0.4, -0.2) is 17.3 Å². The van der Waals surface area contributed by atoms with Crippen LogP contribution in [0.2, 0.25) is 0 Å². The summed E-state index contributed by atoms with van der Waals surface area (Å²) in [5.74, 6) is 1.30. The van der Waals surface area contributed by atoms with Crippen LogP contribution in [0.15, 0.2) is 0 Å². The zero-order valence-electron chi connectivity index (χ0n) is 5.51. The van der Waals surface area contributed by atoms with Crippen LogP contribution in [-0.2, 0) is 0 Å². The zero-order valence-corrected chi connectivity index (χ0v) is 5.51. The van der Waals surface area contributed by atoms with E-state index in [0.717, 1.165) is 25.2 Å². The van der Waals surface area contributed by atoms with Gasteiger partial charge in [-0.25, -0.2) is 0 Å². The van der Waals surface area contributed by atoms with Crippen LogP contribution in [0.4, 0.5) is 0 Å². The molecule has 3 saturated carbocycles. The van der Waals surface area contributed by atoms with Crippen LogP contribution in [0.5, 0.6) is 0 Å². The summed E-state index contributed by atoms with van der Waals surface area (Å²) in [5, 5.41) is 8.82. The molecular weight excluding hydrogens is 114 g/mol. The Morgan fingerprint density at radius 2 is 2.11 bits per heavy atom. The van der Waals surface area contributed by atoms with E-state index in [2.05, 4.69) is 0 Å². The van der Waals surface area contributed by atoms with Gasteiger partial charge in [0, 0.05) is 12.1 Å². The Balaban J connectivity index is 2.06. The highest BCUT2D eigenvalue weighted by molar-refractivity contribution is 5.09. The molecule has 0 saturated heterocycles. The summed E-state index contributed by atoms with van der Waals surface area (Å²) in [5.41, 5.74) is 6.05. The first-order valence-electron chi connectivity index (χ1n) is 3.63. The van der Waals surface area contributed by atoms with Crippen molar-refractivity contribution in [3.63, 3.8) is 0 Å². The molecule has 2 nitrogen and oxygen atoms in total. The molecule has 0 aromatic carbocycles. The normalized spacial score (nSPS) is 55.3. The lowest BCUT2D eigenvalue weighted by atomic mass is 9.77. The third kappa shape index (κ3) is 0.634. The summed E-state index contributed by atoms with van der Waals surface area (Å²) in [4.78, 5) is 0. The Morgan fingerprint density at radius 3 is 2.33 bits per heavy atom. The monoisotopic (exact) mass is 127 g/mol. The van der Waals surface area contributed by atoms with Crippen molar-refractivity contribution in [2.45, 2.75) is 24.8 Å². The molecule has 0 aromatic heterocycles. The maximum Gasteiger partial charge on any atom is 0.0462 e. The number of aliphatic hydroxyl groups excluding tert-OH is 1. The molecule has 0 aromatic rings. The number of fused-ring (bicyclic) bond motifs is 1. The summed E-state index contributed by atoms with van der Waals surface area (Å²) in [6, 6.07) is 0. The predicted molar refractivity (Wildman–Crippen MR) is 34.8 cm³/mol. The first-order chi connectivity index (χ1) is 4.23.